The summed E-state index contributed by atoms with van der Waals surface area (Å²) in [6.07, 6.45) is 0. The Hall–Kier alpha value is -1.06. The highest BCUT2D eigenvalue weighted by Gasteiger charge is 2.18. The van der Waals surface area contributed by atoms with E-state index in [-0.39, 0.29) is 6.61 Å². The van der Waals surface area contributed by atoms with Crippen LogP contribution in [0.1, 0.15) is 19.4 Å². The molecule has 1 aromatic carbocycles. The van der Waals surface area contributed by atoms with Crippen LogP contribution < -0.4 is 4.90 Å². The van der Waals surface area contributed by atoms with Crippen molar-refractivity contribution in [3.63, 3.8) is 0 Å². The van der Waals surface area contributed by atoms with Crippen LogP contribution in [0.25, 0.3) is 0 Å². The summed E-state index contributed by atoms with van der Waals surface area (Å²) >= 11 is 0. The fourth-order valence-corrected chi connectivity index (χ4v) is 2.35. The second-order valence-corrected chi connectivity index (χ2v) is 4.94. The Morgan fingerprint density at radius 3 is 2.47 bits per heavy atom. The maximum Gasteiger partial charge on any atom is 0.0682 e. The van der Waals surface area contributed by atoms with Gasteiger partial charge in [0.1, 0.15) is 0 Å². The van der Waals surface area contributed by atoms with Crippen LogP contribution in [0.5, 0.6) is 0 Å². The standard InChI is InChI=1S/C14H22N2O/c1-12(2)15-6-8-16(9-7-15)14-5-3-4-13(10-14)11-17/h3-5,10,12,17H,6-9,11H2,1-2H3. The molecule has 1 saturated heterocycles. The Morgan fingerprint density at radius 2 is 1.88 bits per heavy atom. The van der Waals surface area contributed by atoms with Crippen molar-refractivity contribution in [1.29, 1.82) is 0 Å². The van der Waals surface area contributed by atoms with Crippen molar-refractivity contribution in [3.05, 3.63) is 29.8 Å². The Kier molecular flexibility index (Phi) is 4.02. The van der Waals surface area contributed by atoms with Crippen LogP contribution in [0.3, 0.4) is 0 Å². The summed E-state index contributed by atoms with van der Waals surface area (Å²) in [7, 11) is 0. The van der Waals surface area contributed by atoms with Crippen LogP contribution in [-0.4, -0.2) is 42.2 Å². The summed E-state index contributed by atoms with van der Waals surface area (Å²) in [5.74, 6) is 0. The summed E-state index contributed by atoms with van der Waals surface area (Å²) in [4.78, 5) is 4.91. The van der Waals surface area contributed by atoms with E-state index in [1.807, 2.05) is 12.1 Å². The number of rotatable bonds is 3. The van der Waals surface area contributed by atoms with Gasteiger partial charge in [-0.3, -0.25) is 4.90 Å². The SMILES string of the molecule is CC(C)N1CCN(c2cccc(CO)c2)CC1. The number of aliphatic hydroxyl groups is 1. The zero-order valence-corrected chi connectivity index (χ0v) is 10.8. The van der Waals surface area contributed by atoms with Crippen molar-refractivity contribution >= 4 is 5.69 Å². The Morgan fingerprint density at radius 1 is 1.18 bits per heavy atom. The smallest absolute Gasteiger partial charge is 0.0682 e. The van der Waals surface area contributed by atoms with E-state index >= 15 is 0 Å². The largest absolute Gasteiger partial charge is 0.392 e. The molecule has 0 aromatic heterocycles. The summed E-state index contributed by atoms with van der Waals surface area (Å²) in [6, 6.07) is 8.85. The summed E-state index contributed by atoms with van der Waals surface area (Å²) in [5.41, 5.74) is 2.23. The van der Waals surface area contributed by atoms with E-state index in [4.69, 9.17) is 5.11 Å². The lowest BCUT2D eigenvalue weighted by Gasteiger charge is -2.38. The third kappa shape index (κ3) is 2.99. The maximum atomic E-state index is 9.15. The third-order valence-corrected chi connectivity index (χ3v) is 3.50. The number of piperazine rings is 1. The van der Waals surface area contributed by atoms with Gasteiger partial charge in [0.15, 0.2) is 0 Å². The van der Waals surface area contributed by atoms with Gasteiger partial charge in [0.2, 0.25) is 0 Å². The molecular formula is C14H22N2O. The molecule has 94 valence electrons. The molecule has 2 rings (SSSR count). The first-order valence-corrected chi connectivity index (χ1v) is 6.39. The zero-order chi connectivity index (χ0) is 12.3. The van der Waals surface area contributed by atoms with Gasteiger partial charge in [0.05, 0.1) is 6.61 Å². The third-order valence-electron chi connectivity index (χ3n) is 3.50. The van der Waals surface area contributed by atoms with Crippen molar-refractivity contribution in [2.45, 2.75) is 26.5 Å². The fourth-order valence-electron chi connectivity index (χ4n) is 2.35. The van der Waals surface area contributed by atoms with E-state index in [2.05, 4.69) is 35.8 Å². The average Bonchev–Trinajstić information content (AvgIpc) is 2.39. The minimum Gasteiger partial charge on any atom is -0.392 e. The highest BCUT2D eigenvalue weighted by molar-refractivity contribution is 5.49. The molecule has 3 nitrogen and oxygen atoms in total. The van der Waals surface area contributed by atoms with E-state index in [1.165, 1.54) is 5.69 Å². The van der Waals surface area contributed by atoms with Crippen LogP contribution in [0, 0.1) is 0 Å². The Balaban J connectivity index is 2.00. The van der Waals surface area contributed by atoms with Crippen molar-refractivity contribution in [3.8, 4) is 0 Å². The van der Waals surface area contributed by atoms with Gasteiger partial charge in [-0.05, 0) is 31.5 Å². The van der Waals surface area contributed by atoms with Crippen molar-refractivity contribution in [2.24, 2.45) is 0 Å². The number of benzene rings is 1. The highest BCUT2D eigenvalue weighted by Crippen LogP contribution is 2.18. The lowest BCUT2D eigenvalue weighted by molar-refractivity contribution is 0.209. The molecular weight excluding hydrogens is 212 g/mol. The van der Waals surface area contributed by atoms with Crippen molar-refractivity contribution < 1.29 is 5.11 Å². The molecule has 0 bridgehead atoms. The molecule has 1 fully saturated rings. The number of hydrogen-bond acceptors (Lipinski definition) is 3. The van der Waals surface area contributed by atoms with E-state index in [9.17, 15) is 0 Å². The number of nitrogens with zero attached hydrogens (tertiary/aromatic N) is 2. The zero-order valence-electron chi connectivity index (χ0n) is 10.8. The van der Waals surface area contributed by atoms with Crippen LogP contribution in [0.4, 0.5) is 5.69 Å². The van der Waals surface area contributed by atoms with Gasteiger partial charge in [-0.2, -0.15) is 0 Å². The van der Waals surface area contributed by atoms with Gasteiger partial charge in [-0.15, -0.1) is 0 Å². The molecule has 0 radical (unpaired) electrons. The highest BCUT2D eigenvalue weighted by atomic mass is 16.3. The average molecular weight is 234 g/mol. The van der Waals surface area contributed by atoms with Gasteiger partial charge in [0, 0.05) is 37.9 Å². The number of anilines is 1. The van der Waals surface area contributed by atoms with E-state index in [0.29, 0.717) is 6.04 Å². The van der Waals surface area contributed by atoms with Crippen molar-refractivity contribution in [2.75, 3.05) is 31.1 Å². The predicted octanol–water partition coefficient (Wildman–Crippen LogP) is 1.71. The molecule has 0 spiro atoms. The van der Waals surface area contributed by atoms with Crippen LogP contribution in [0.15, 0.2) is 24.3 Å². The predicted molar refractivity (Wildman–Crippen MR) is 71.3 cm³/mol. The normalized spacial score (nSPS) is 17.8. The quantitative estimate of drug-likeness (QED) is 0.862. The number of aliphatic hydroxyl groups excluding tert-OH is 1. The minimum absolute atomic E-state index is 0.125. The molecule has 0 atom stereocenters. The van der Waals surface area contributed by atoms with Gasteiger partial charge in [-0.1, -0.05) is 12.1 Å². The summed E-state index contributed by atoms with van der Waals surface area (Å²) in [5, 5.41) is 9.15. The van der Waals surface area contributed by atoms with E-state index in [0.717, 1.165) is 31.7 Å². The van der Waals surface area contributed by atoms with Crippen LogP contribution in [-0.2, 0) is 6.61 Å². The van der Waals surface area contributed by atoms with Crippen LogP contribution >= 0.6 is 0 Å². The van der Waals surface area contributed by atoms with Gasteiger partial charge in [0.25, 0.3) is 0 Å². The summed E-state index contributed by atoms with van der Waals surface area (Å²) < 4.78 is 0. The Labute approximate surface area is 104 Å². The molecule has 0 amide bonds. The maximum absolute atomic E-state index is 9.15. The molecule has 1 heterocycles. The van der Waals surface area contributed by atoms with E-state index < -0.39 is 0 Å². The van der Waals surface area contributed by atoms with Gasteiger partial charge in [-0.25, -0.2) is 0 Å². The molecule has 1 aliphatic rings. The summed E-state index contributed by atoms with van der Waals surface area (Å²) in [6.45, 7) is 9.03. The van der Waals surface area contributed by atoms with E-state index in [1.54, 1.807) is 0 Å². The lowest BCUT2D eigenvalue weighted by atomic mass is 10.1. The molecule has 1 aromatic rings. The topological polar surface area (TPSA) is 26.7 Å². The first kappa shape index (κ1) is 12.4. The fraction of sp³-hybridized carbons (Fsp3) is 0.571. The van der Waals surface area contributed by atoms with Crippen LogP contribution in [0.2, 0.25) is 0 Å². The molecule has 3 heteroatoms. The molecule has 17 heavy (non-hydrogen) atoms. The van der Waals surface area contributed by atoms with Gasteiger partial charge < -0.3 is 10.0 Å². The lowest BCUT2D eigenvalue weighted by Crippen LogP contribution is -2.48. The monoisotopic (exact) mass is 234 g/mol. The van der Waals surface area contributed by atoms with Gasteiger partial charge >= 0.3 is 0 Å². The molecule has 0 aliphatic carbocycles. The first-order valence-electron chi connectivity index (χ1n) is 6.39. The molecule has 1 N–H and O–H groups in total. The molecule has 0 saturated carbocycles. The van der Waals surface area contributed by atoms with Crippen molar-refractivity contribution in [1.82, 2.24) is 4.90 Å². The molecule has 1 aliphatic heterocycles. The first-order chi connectivity index (χ1) is 8.20. The minimum atomic E-state index is 0.125. The number of hydrogen-bond donors (Lipinski definition) is 1. The Bertz CT molecular complexity index is 357. The second-order valence-electron chi connectivity index (χ2n) is 4.94. The second kappa shape index (κ2) is 5.52. The molecule has 0 unspecified atom stereocenters.